The number of hydrogen-bond donors (Lipinski definition) is 1. The molecule has 4 heteroatoms. The number of rotatable bonds is 1. The van der Waals surface area contributed by atoms with Gasteiger partial charge in [-0.2, -0.15) is 0 Å². The minimum atomic E-state index is 0.0703. The minimum absolute atomic E-state index is 0.0703. The highest BCUT2D eigenvalue weighted by Gasteiger charge is 2.22. The van der Waals surface area contributed by atoms with E-state index in [0.717, 1.165) is 35.9 Å². The van der Waals surface area contributed by atoms with E-state index < -0.39 is 0 Å². The van der Waals surface area contributed by atoms with Crippen molar-refractivity contribution in [3.05, 3.63) is 42.1 Å². The van der Waals surface area contributed by atoms with Crippen LogP contribution < -0.4 is 5.73 Å². The maximum atomic E-state index is 12.4. The van der Waals surface area contributed by atoms with Crippen molar-refractivity contribution in [2.24, 2.45) is 5.73 Å². The Kier molecular flexibility index (Phi) is 3.17. The topological polar surface area (TPSA) is 59.2 Å². The first-order valence-electron chi connectivity index (χ1n) is 6.64. The van der Waals surface area contributed by atoms with Gasteiger partial charge in [-0.1, -0.05) is 6.07 Å². The van der Waals surface area contributed by atoms with Crippen LogP contribution in [0, 0.1) is 0 Å². The number of carbonyl (C=O) groups excluding carboxylic acids is 1. The van der Waals surface area contributed by atoms with Gasteiger partial charge in [0.25, 0.3) is 5.91 Å². The molecular formula is C15H17N3O. The molecule has 1 aromatic heterocycles. The Morgan fingerprint density at radius 2 is 2.26 bits per heavy atom. The lowest BCUT2D eigenvalue weighted by molar-refractivity contribution is 0.0709. The third-order valence-electron chi connectivity index (χ3n) is 3.60. The highest BCUT2D eigenvalue weighted by atomic mass is 16.2. The van der Waals surface area contributed by atoms with E-state index in [1.165, 1.54) is 0 Å². The summed E-state index contributed by atoms with van der Waals surface area (Å²) in [5, 5.41) is 0.995. The molecule has 4 nitrogen and oxygen atoms in total. The zero-order chi connectivity index (χ0) is 13.2. The van der Waals surface area contributed by atoms with Gasteiger partial charge >= 0.3 is 0 Å². The first-order valence-corrected chi connectivity index (χ1v) is 6.64. The smallest absolute Gasteiger partial charge is 0.253 e. The molecule has 1 amide bonds. The van der Waals surface area contributed by atoms with Crippen molar-refractivity contribution in [3.63, 3.8) is 0 Å². The highest BCUT2D eigenvalue weighted by molar-refractivity contribution is 5.98. The average Bonchev–Trinajstić information content (AvgIpc) is 2.46. The van der Waals surface area contributed by atoms with Gasteiger partial charge in [-0.25, -0.2) is 0 Å². The molecule has 1 aliphatic heterocycles. The molecular weight excluding hydrogens is 238 g/mol. The highest BCUT2D eigenvalue weighted by Crippen LogP contribution is 2.17. The van der Waals surface area contributed by atoms with E-state index >= 15 is 0 Å². The number of fused-ring (bicyclic) bond motifs is 1. The van der Waals surface area contributed by atoms with Gasteiger partial charge in [0.05, 0.1) is 5.52 Å². The zero-order valence-corrected chi connectivity index (χ0v) is 10.7. The summed E-state index contributed by atoms with van der Waals surface area (Å²) < 4.78 is 0. The summed E-state index contributed by atoms with van der Waals surface area (Å²) in [5.41, 5.74) is 7.56. The van der Waals surface area contributed by atoms with E-state index in [9.17, 15) is 4.79 Å². The van der Waals surface area contributed by atoms with Crippen molar-refractivity contribution in [1.29, 1.82) is 0 Å². The molecule has 2 N–H and O–H groups in total. The van der Waals surface area contributed by atoms with Gasteiger partial charge < -0.3 is 10.6 Å². The molecule has 2 aromatic rings. The van der Waals surface area contributed by atoms with Gasteiger partial charge in [0.15, 0.2) is 0 Å². The molecule has 1 atom stereocenters. The number of aromatic nitrogens is 1. The molecule has 0 spiro atoms. The molecule has 98 valence electrons. The number of benzene rings is 1. The summed E-state index contributed by atoms with van der Waals surface area (Å²) >= 11 is 0. The van der Waals surface area contributed by atoms with Gasteiger partial charge in [-0.3, -0.25) is 9.78 Å². The summed E-state index contributed by atoms with van der Waals surface area (Å²) in [7, 11) is 0. The van der Waals surface area contributed by atoms with Crippen LogP contribution in [-0.2, 0) is 0 Å². The first kappa shape index (κ1) is 12.1. The van der Waals surface area contributed by atoms with Crippen LogP contribution in [0.1, 0.15) is 23.2 Å². The number of likely N-dealkylation sites (tertiary alicyclic amines) is 1. The molecule has 1 fully saturated rings. The molecule has 1 saturated heterocycles. The maximum absolute atomic E-state index is 12.4. The third-order valence-corrected chi connectivity index (χ3v) is 3.60. The van der Waals surface area contributed by atoms with Crippen LogP contribution in [0.15, 0.2) is 36.5 Å². The van der Waals surface area contributed by atoms with Crippen LogP contribution in [0.2, 0.25) is 0 Å². The lowest BCUT2D eigenvalue weighted by Gasteiger charge is -2.30. The van der Waals surface area contributed by atoms with Crippen LogP contribution in [0.4, 0.5) is 0 Å². The molecule has 0 aliphatic carbocycles. The van der Waals surface area contributed by atoms with Crippen LogP contribution in [0.25, 0.3) is 10.9 Å². The molecule has 0 radical (unpaired) electrons. The fourth-order valence-electron chi connectivity index (χ4n) is 2.59. The van der Waals surface area contributed by atoms with Crippen molar-refractivity contribution in [2.45, 2.75) is 18.9 Å². The monoisotopic (exact) mass is 255 g/mol. The fourth-order valence-corrected chi connectivity index (χ4v) is 2.59. The summed E-state index contributed by atoms with van der Waals surface area (Å²) in [5.74, 6) is 0.0703. The van der Waals surface area contributed by atoms with Crippen molar-refractivity contribution in [3.8, 4) is 0 Å². The van der Waals surface area contributed by atoms with Gasteiger partial charge in [0, 0.05) is 36.3 Å². The maximum Gasteiger partial charge on any atom is 0.253 e. The predicted molar refractivity (Wildman–Crippen MR) is 74.9 cm³/mol. The largest absolute Gasteiger partial charge is 0.337 e. The quantitative estimate of drug-likeness (QED) is 0.845. The lowest BCUT2D eigenvalue weighted by Crippen LogP contribution is -2.45. The molecule has 0 unspecified atom stereocenters. The lowest BCUT2D eigenvalue weighted by atomic mass is 10.0. The van der Waals surface area contributed by atoms with E-state index in [0.29, 0.717) is 6.54 Å². The summed E-state index contributed by atoms with van der Waals surface area (Å²) in [6.45, 7) is 1.46. The summed E-state index contributed by atoms with van der Waals surface area (Å²) in [6, 6.07) is 9.61. The number of amides is 1. The van der Waals surface area contributed by atoms with Crippen LogP contribution >= 0.6 is 0 Å². The standard InChI is InChI=1S/C15H17N3O/c16-13-4-2-8-18(10-13)15(19)12-5-6-14-11(9-12)3-1-7-17-14/h1,3,5-7,9,13H,2,4,8,10,16H2/t13-/m0/s1. The summed E-state index contributed by atoms with van der Waals surface area (Å²) in [6.07, 6.45) is 3.75. The SMILES string of the molecule is N[C@H]1CCCN(C(=O)c2ccc3ncccc3c2)C1. The number of nitrogens with zero attached hydrogens (tertiary/aromatic N) is 2. The molecule has 1 aromatic carbocycles. The third kappa shape index (κ3) is 2.44. The fraction of sp³-hybridized carbons (Fsp3) is 0.333. The van der Waals surface area contributed by atoms with E-state index in [2.05, 4.69) is 4.98 Å². The average molecular weight is 255 g/mol. The van der Waals surface area contributed by atoms with E-state index in [1.807, 2.05) is 35.2 Å². The van der Waals surface area contributed by atoms with Crippen LogP contribution in [0.3, 0.4) is 0 Å². The van der Waals surface area contributed by atoms with Crippen LogP contribution in [-0.4, -0.2) is 34.9 Å². The second-order valence-corrected chi connectivity index (χ2v) is 5.06. The molecule has 1 aliphatic rings. The second-order valence-electron chi connectivity index (χ2n) is 5.06. The van der Waals surface area contributed by atoms with Gasteiger partial charge in [-0.05, 0) is 37.1 Å². The Labute approximate surface area is 112 Å². The molecule has 19 heavy (non-hydrogen) atoms. The molecule has 3 rings (SSSR count). The second kappa shape index (κ2) is 4.97. The Morgan fingerprint density at radius 3 is 3.11 bits per heavy atom. The van der Waals surface area contributed by atoms with E-state index in [4.69, 9.17) is 5.73 Å². The van der Waals surface area contributed by atoms with Crippen LogP contribution in [0.5, 0.6) is 0 Å². The molecule has 0 saturated carbocycles. The van der Waals surface area contributed by atoms with Gasteiger partial charge in [0.1, 0.15) is 0 Å². The first-order chi connectivity index (χ1) is 9.24. The predicted octanol–water partition coefficient (Wildman–Crippen LogP) is 1.80. The molecule has 2 heterocycles. The molecule has 0 bridgehead atoms. The van der Waals surface area contributed by atoms with Gasteiger partial charge in [0.2, 0.25) is 0 Å². The van der Waals surface area contributed by atoms with Crippen molar-refractivity contribution >= 4 is 16.8 Å². The Hall–Kier alpha value is -1.94. The van der Waals surface area contributed by atoms with Crippen molar-refractivity contribution < 1.29 is 4.79 Å². The normalized spacial score (nSPS) is 19.6. The number of piperidine rings is 1. The number of carbonyl (C=O) groups is 1. The Morgan fingerprint density at radius 1 is 1.37 bits per heavy atom. The minimum Gasteiger partial charge on any atom is -0.337 e. The number of nitrogens with two attached hydrogens (primary N) is 1. The Bertz CT molecular complexity index is 611. The van der Waals surface area contributed by atoms with Crippen molar-refractivity contribution in [2.75, 3.05) is 13.1 Å². The van der Waals surface area contributed by atoms with E-state index in [1.54, 1.807) is 6.20 Å². The number of hydrogen-bond acceptors (Lipinski definition) is 3. The van der Waals surface area contributed by atoms with Crippen molar-refractivity contribution in [1.82, 2.24) is 9.88 Å². The van der Waals surface area contributed by atoms with Gasteiger partial charge in [-0.15, -0.1) is 0 Å². The zero-order valence-electron chi connectivity index (χ0n) is 10.7. The summed E-state index contributed by atoms with van der Waals surface area (Å²) in [4.78, 5) is 18.6. The number of pyridine rings is 1. The van der Waals surface area contributed by atoms with E-state index in [-0.39, 0.29) is 11.9 Å². The Balaban J connectivity index is 1.88.